The first kappa shape index (κ1) is 16.1. The Morgan fingerprint density at radius 3 is 2.48 bits per heavy atom. The van der Waals surface area contributed by atoms with Crippen LogP contribution >= 0.6 is 11.6 Å². The summed E-state index contributed by atoms with van der Waals surface area (Å²) in [6.45, 7) is 8.44. The molecule has 0 fully saturated rings. The minimum absolute atomic E-state index is 0.154. The van der Waals surface area contributed by atoms with E-state index in [1.54, 1.807) is 0 Å². The van der Waals surface area contributed by atoms with Crippen molar-refractivity contribution in [2.24, 2.45) is 5.92 Å². The first-order chi connectivity index (χ1) is 10.1. The highest BCUT2D eigenvalue weighted by molar-refractivity contribution is 6.35. The first-order valence-corrected chi connectivity index (χ1v) is 8.06. The van der Waals surface area contributed by atoms with Crippen LogP contribution in [-0.4, -0.2) is 19.2 Å². The summed E-state index contributed by atoms with van der Waals surface area (Å²) in [4.78, 5) is 0. The van der Waals surface area contributed by atoms with Gasteiger partial charge in [-0.15, -0.1) is 0 Å². The van der Waals surface area contributed by atoms with E-state index < -0.39 is 0 Å². The predicted molar refractivity (Wildman–Crippen MR) is 91.4 cm³/mol. The maximum atomic E-state index is 6.27. The van der Waals surface area contributed by atoms with Gasteiger partial charge in [0.2, 0.25) is 0 Å². The van der Waals surface area contributed by atoms with Gasteiger partial charge < -0.3 is 10.1 Å². The van der Waals surface area contributed by atoms with Crippen LogP contribution in [0.4, 0.5) is 0 Å². The lowest BCUT2D eigenvalue weighted by molar-refractivity contribution is 0.151. The standard InChI is InChI=1S/C18H24ClNO/c1-4-11-20-12-18(13(2)3)21-17-10-9-16(19)14-7-5-6-8-15(14)17/h5-10,13,18,20H,4,11-12H2,1-3H3. The molecule has 1 atom stereocenters. The lowest BCUT2D eigenvalue weighted by Crippen LogP contribution is -2.35. The predicted octanol–water partition coefficient (Wildman–Crippen LogP) is 4.90. The molecule has 2 aromatic rings. The smallest absolute Gasteiger partial charge is 0.127 e. The molecule has 1 N–H and O–H groups in total. The Hall–Kier alpha value is -1.25. The van der Waals surface area contributed by atoms with Crippen molar-refractivity contribution in [3.05, 3.63) is 41.4 Å². The molecule has 0 radical (unpaired) electrons. The summed E-state index contributed by atoms with van der Waals surface area (Å²) in [5, 5.41) is 6.33. The van der Waals surface area contributed by atoms with Gasteiger partial charge in [-0.3, -0.25) is 0 Å². The Labute approximate surface area is 132 Å². The van der Waals surface area contributed by atoms with Gasteiger partial charge in [0.1, 0.15) is 11.9 Å². The topological polar surface area (TPSA) is 21.3 Å². The number of hydrogen-bond donors (Lipinski definition) is 1. The summed E-state index contributed by atoms with van der Waals surface area (Å²) in [5.74, 6) is 1.36. The third-order valence-corrected chi connectivity index (χ3v) is 3.95. The van der Waals surface area contributed by atoms with E-state index in [1.165, 1.54) is 0 Å². The average molecular weight is 306 g/mol. The number of halogens is 1. The second kappa shape index (κ2) is 7.67. The Morgan fingerprint density at radius 1 is 1.10 bits per heavy atom. The normalized spacial score (nSPS) is 12.8. The van der Waals surface area contributed by atoms with Crippen LogP contribution in [0, 0.1) is 5.92 Å². The first-order valence-electron chi connectivity index (χ1n) is 7.68. The van der Waals surface area contributed by atoms with Gasteiger partial charge in [0, 0.05) is 22.3 Å². The molecule has 0 aromatic heterocycles. The third-order valence-electron chi connectivity index (χ3n) is 3.63. The molecule has 0 amide bonds. The summed E-state index contributed by atoms with van der Waals surface area (Å²) in [7, 11) is 0. The summed E-state index contributed by atoms with van der Waals surface area (Å²) in [5.41, 5.74) is 0. The summed E-state index contributed by atoms with van der Waals surface area (Å²) < 4.78 is 6.27. The van der Waals surface area contributed by atoms with E-state index in [1.807, 2.05) is 30.3 Å². The van der Waals surface area contributed by atoms with Crippen LogP contribution in [0.1, 0.15) is 27.2 Å². The zero-order chi connectivity index (χ0) is 15.2. The lowest BCUT2D eigenvalue weighted by atomic mass is 10.1. The fraction of sp³-hybridized carbons (Fsp3) is 0.444. The summed E-state index contributed by atoms with van der Waals surface area (Å²) >= 11 is 6.26. The van der Waals surface area contributed by atoms with Crippen molar-refractivity contribution in [2.45, 2.75) is 33.3 Å². The van der Waals surface area contributed by atoms with Gasteiger partial charge in [-0.2, -0.15) is 0 Å². The van der Waals surface area contributed by atoms with Crippen LogP contribution in [0.5, 0.6) is 5.75 Å². The number of benzene rings is 2. The molecule has 0 saturated carbocycles. The van der Waals surface area contributed by atoms with Gasteiger partial charge in [0.15, 0.2) is 0 Å². The van der Waals surface area contributed by atoms with E-state index in [0.717, 1.165) is 41.1 Å². The second-order valence-electron chi connectivity index (χ2n) is 5.70. The molecule has 21 heavy (non-hydrogen) atoms. The fourth-order valence-corrected chi connectivity index (χ4v) is 2.56. The zero-order valence-electron chi connectivity index (χ0n) is 13.0. The SMILES string of the molecule is CCCNCC(Oc1ccc(Cl)c2ccccc12)C(C)C. The molecule has 0 saturated heterocycles. The Balaban J connectivity index is 2.22. The molecule has 1 unspecified atom stereocenters. The summed E-state index contributed by atoms with van der Waals surface area (Å²) in [6, 6.07) is 12.0. The Morgan fingerprint density at radius 2 is 1.81 bits per heavy atom. The molecule has 3 heteroatoms. The van der Waals surface area contributed by atoms with Gasteiger partial charge in [-0.25, -0.2) is 0 Å². The van der Waals surface area contributed by atoms with Crippen LogP contribution in [0.15, 0.2) is 36.4 Å². The largest absolute Gasteiger partial charge is 0.488 e. The van der Waals surface area contributed by atoms with Crippen LogP contribution < -0.4 is 10.1 Å². The van der Waals surface area contributed by atoms with E-state index in [9.17, 15) is 0 Å². The van der Waals surface area contributed by atoms with Crippen molar-refractivity contribution >= 4 is 22.4 Å². The number of rotatable bonds is 7. The van der Waals surface area contributed by atoms with Crippen LogP contribution in [0.2, 0.25) is 5.02 Å². The number of hydrogen-bond acceptors (Lipinski definition) is 2. The maximum Gasteiger partial charge on any atom is 0.127 e. The van der Waals surface area contributed by atoms with E-state index in [4.69, 9.17) is 16.3 Å². The van der Waals surface area contributed by atoms with Crippen LogP contribution in [-0.2, 0) is 0 Å². The second-order valence-corrected chi connectivity index (χ2v) is 6.10. The lowest BCUT2D eigenvalue weighted by Gasteiger charge is -2.24. The highest BCUT2D eigenvalue weighted by Crippen LogP contribution is 2.32. The molecule has 0 spiro atoms. The minimum atomic E-state index is 0.154. The number of ether oxygens (including phenoxy) is 1. The van der Waals surface area contributed by atoms with Gasteiger partial charge in [0.25, 0.3) is 0 Å². The quantitative estimate of drug-likeness (QED) is 0.735. The van der Waals surface area contributed by atoms with E-state index in [-0.39, 0.29) is 6.10 Å². The van der Waals surface area contributed by atoms with Crippen molar-refractivity contribution in [1.29, 1.82) is 0 Å². The Bertz CT molecular complexity index is 582. The van der Waals surface area contributed by atoms with Gasteiger partial charge in [-0.05, 0) is 31.0 Å². The maximum absolute atomic E-state index is 6.27. The number of nitrogens with one attached hydrogen (secondary N) is 1. The van der Waals surface area contributed by atoms with Gasteiger partial charge in [0.05, 0.1) is 0 Å². The van der Waals surface area contributed by atoms with Gasteiger partial charge >= 0.3 is 0 Å². The monoisotopic (exact) mass is 305 g/mol. The molecule has 0 aliphatic rings. The minimum Gasteiger partial charge on any atom is -0.488 e. The molecule has 114 valence electrons. The van der Waals surface area contributed by atoms with Crippen molar-refractivity contribution in [2.75, 3.05) is 13.1 Å². The van der Waals surface area contributed by atoms with E-state index in [0.29, 0.717) is 5.92 Å². The van der Waals surface area contributed by atoms with Crippen molar-refractivity contribution in [3.8, 4) is 5.75 Å². The molecular weight excluding hydrogens is 282 g/mol. The van der Waals surface area contributed by atoms with Crippen molar-refractivity contribution < 1.29 is 4.74 Å². The zero-order valence-corrected chi connectivity index (χ0v) is 13.8. The number of fused-ring (bicyclic) bond motifs is 1. The van der Waals surface area contributed by atoms with Crippen molar-refractivity contribution in [3.63, 3.8) is 0 Å². The molecule has 2 nitrogen and oxygen atoms in total. The molecule has 2 aromatic carbocycles. The van der Waals surface area contributed by atoms with Gasteiger partial charge in [-0.1, -0.05) is 56.6 Å². The molecule has 0 bridgehead atoms. The highest BCUT2D eigenvalue weighted by atomic mass is 35.5. The van der Waals surface area contributed by atoms with Crippen LogP contribution in [0.25, 0.3) is 10.8 Å². The third kappa shape index (κ3) is 4.12. The molecular formula is C18H24ClNO. The molecule has 0 aliphatic carbocycles. The molecule has 0 aliphatic heterocycles. The van der Waals surface area contributed by atoms with Crippen LogP contribution in [0.3, 0.4) is 0 Å². The van der Waals surface area contributed by atoms with E-state index >= 15 is 0 Å². The molecule has 0 heterocycles. The highest BCUT2D eigenvalue weighted by Gasteiger charge is 2.16. The fourth-order valence-electron chi connectivity index (χ4n) is 2.34. The Kier molecular flexibility index (Phi) is 5.89. The van der Waals surface area contributed by atoms with E-state index in [2.05, 4.69) is 32.2 Å². The average Bonchev–Trinajstić information content (AvgIpc) is 2.49. The van der Waals surface area contributed by atoms with Crippen molar-refractivity contribution in [1.82, 2.24) is 5.32 Å². The summed E-state index contributed by atoms with van der Waals surface area (Å²) in [6.07, 6.45) is 1.29. The molecule has 2 rings (SSSR count).